The number of benzene rings is 1. The van der Waals surface area contributed by atoms with Crippen LogP contribution in [0.25, 0.3) is 10.9 Å². The Bertz CT molecular complexity index is 635. The molecular formula is C16H19ClN2O2. The van der Waals surface area contributed by atoms with Crippen LogP contribution in [0.4, 0.5) is 0 Å². The number of nitrogens with zero attached hydrogens (tertiary/aromatic N) is 2. The molecule has 1 aromatic heterocycles. The lowest BCUT2D eigenvalue weighted by atomic mass is 10.1. The number of hydrogen-bond donors (Lipinski definition) is 1. The maximum absolute atomic E-state index is 9.27. The lowest BCUT2D eigenvalue weighted by Gasteiger charge is -2.37. The molecule has 1 aliphatic rings. The maximum Gasteiger partial charge on any atom is 0.134 e. The van der Waals surface area contributed by atoms with E-state index < -0.39 is 0 Å². The van der Waals surface area contributed by atoms with E-state index in [1.165, 1.54) is 0 Å². The first-order valence-corrected chi connectivity index (χ1v) is 7.56. The molecule has 0 spiro atoms. The van der Waals surface area contributed by atoms with E-state index in [0.29, 0.717) is 24.3 Å². The molecule has 2 atom stereocenters. The summed E-state index contributed by atoms with van der Waals surface area (Å²) in [5.41, 5.74) is 1.93. The normalized spacial score (nSPS) is 23.6. The van der Waals surface area contributed by atoms with Gasteiger partial charge in [-0.15, -0.1) is 0 Å². The summed E-state index contributed by atoms with van der Waals surface area (Å²) < 4.78 is 5.57. The number of halogens is 1. The van der Waals surface area contributed by atoms with Crippen LogP contribution in [0.15, 0.2) is 30.3 Å². The van der Waals surface area contributed by atoms with Crippen molar-refractivity contribution in [1.82, 2.24) is 9.88 Å². The van der Waals surface area contributed by atoms with E-state index in [1.807, 2.05) is 24.3 Å². The summed E-state index contributed by atoms with van der Waals surface area (Å²) in [4.78, 5) is 6.74. The number of morpholine rings is 1. The van der Waals surface area contributed by atoms with Gasteiger partial charge in [-0.25, -0.2) is 4.98 Å². The SMILES string of the molecule is CC1COC(CO)CN1Cc1cc2ccccc2nc1Cl. The van der Waals surface area contributed by atoms with Crippen LogP contribution in [0.2, 0.25) is 5.15 Å². The molecule has 0 bridgehead atoms. The standard InChI is InChI=1S/C16H19ClN2O2/c1-11-10-21-14(9-20)8-19(11)7-13-6-12-4-2-3-5-15(12)18-16(13)17/h2-6,11,14,20H,7-10H2,1H3. The molecule has 1 aromatic carbocycles. The van der Waals surface area contributed by atoms with Crippen molar-refractivity contribution in [3.63, 3.8) is 0 Å². The van der Waals surface area contributed by atoms with E-state index in [4.69, 9.17) is 16.3 Å². The average molecular weight is 307 g/mol. The predicted octanol–water partition coefficient (Wildman–Crippen LogP) is 2.47. The van der Waals surface area contributed by atoms with E-state index in [9.17, 15) is 5.11 Å². The largest absolute Gasteiger partial charge is 0.394 e. The molecule has 3 rings (SSSR count). The van der Waals surface area contributed by atoms with Gasteiger partial charge < -0.3 is 9.84 Å². The molecule has 1 aliphatic heterocycles. The van der Waals surface area contributed by atoms with E-state index in [1.54, 1.807) is 0 Å². The van der Waals surface area contributed by atoms with Gasteiger partial charge in [-0.3, -0.25) is 4.90 Å². The van der Waals surface area contributed by atoms with Crippen molar-refractivity contribution < 1.29 is 9.84 Å². The number of aromatic nitrogens is 1. The Kier molecular flexibility index (Phi) is 4.40. The molecule has 5 heteroatoms. The van der Waals surface area contributed by atoms with Gasteiger partial charge in [-0.05, 0) is 19.1 Å². The Morgan fingerprint density at radius 1 is 1.43 bits per heavy atom. The van der Waals surface area contributed by atoms with E-state index in [2.05, 4.69) is 22.9 Å². The number of rotatable bonds is 3. The quantitative estimate of drug-likeness (QED) is 0.885. The molecule has 1 fully saturated rings. The Morgan fingerprint density at radius 2 is 2.24 bits per heavy atom. The summed E-state index contributed by atoms with van der Waals surface area (Å²) in [6, 6.07) is 10.4. The molecule has 0 radical (unpaired) electrons. The number of para-hydroxylation sites is 1. The van der Waals surface area contributed by atoms with Crippen LogP contribution in [0.1, 0.15) is 12.5 Å². The fourth-order valence-corrected chi connectivity index (χ4v) is 2.88. The third kappa shape index (κ3) is 3.19. The second-order valence-corrected chi connectivity index (χ2v) is 5.91. The lowest BCUT2D eigenvalue weighted by Crippen LogP contribution is -2.48. The summed E-state index contributed by atoms with van der Waals surface area (Å²) >= 11 is 6.32. The number of pyridine rings is 1. The zero-order valence-electron chi connectivity index (χ0n) is 12.0. The molecule has 2 unspecified atom stereocenters. The van der Waals surface area contributed by atoms with E-state index in [-0.39, 0.29) is 12.7 Å². The summed E-state index contributed by atoms with van der Waals surface area (Å²) in [6.07, 6.45) is -0.117. The Morgan fingerprint density at radius 3 is 3.05 bits per heavy atom. The van der Waals surface area contributed by atoms with Gasteiger partial charge in [0.2, 0.25) is 0 Å². The van der Waals surface area contributed by atoms with Crippen LogP contribution in [0, 0.1) is 0 Å². The van der Waals surface area contributed by atoms with Gasteiger partial charge in [0, 0.05) is 30.1 Å². The van der Waals surface area contributed by atoms with Crippen LogP contribution in [0.5, 0.6) is 0 Å². The number of hydrogen-bond acceptors (Lipinski definition) is 4. The smallest absolute Gasteiger partial charge is 0.134 e. The molecule has 1 N–H and O–H groups in total. The minimum absolute atomic E-state index is 0.0485. The fourth-order valence-electron chi connectivity index (χ4n) is 2.67. The second-order valence-electron chi connectivity index (χ2n) is 5.55. The van der Waals surface area contributed by atoms with Crippen LogP contribution < -0.4 is 0 Å². The first-order valence-electron chi connectivity index (χ1n) is 7.18. The summed E-state index contributed by atoms with van der Waals surface area (Å²) in [6.45, 7) is 4.23. The van der Waals surface area contributed by atoms with Gasteiger partial charge >= 0.3 is 0 Å². The summed E-state index contributed by atoms with van der Waals surface area (Å²) in [5.74, 6) is 0. The first kappa shape index (κ1) is 14.7. The van der Waals surface area contributed by atoms with Crippen LogP contribution in [-0.4, -0.2) is 46.9 Å². The van der Waals surface area contributed by atoms with Crippen molar-refractivity contribution in [2.45, 2.75) is 25.6 Å². The lowest BCUT2D eigenvalue weighted by molar-refractivity contribution is -0.0805. The Labute approximate surface area is 129 Å². The third-order valence-corrected chi connectivity index (χ3v) is 4.29. The van der Waals surface area contributed by atoms with Crippen LogP contribution in [0.3, 0.4) is 0 Å². The number of aliphatic hydroxyl groups excluding tert-OH is 1. The first-order chi connectivity index (χ1) is 10.2. The van der Waals surface area contributed by atoms with Crippen molar-refractivity contribution in [3.8, 4) is 0 Å². The molecule has 4 nitrogen and oxygen atoms in total. The number of aliphatic hydroxyl groups is 1. The van der Waals surface area contributed by atoms with Crippen molar-refractivity contribution in [2.24, 2.45) is 0 Å². The summed E-state index contributed by atoms with van der Waals surface area (Å²) in [5, 5.41) is 10.9. The topological polar surface area (TPSA) is 45.6 Å². The van der Waals surface area contributed by atoms with Gasteiger partial charge in [-0.1, -0.05) is 29.8 Å². The highest BCUT2D eigenvalue weighted by molar-refractivity contribution is 6.30. The van der Waals surface area contributed by atoms with Crippen molar-refractivity contribution in [1.29, 1.82) is 0 Å². The van der Waals surface area contributed by atoms with Crippen molar-refractivity contribution in [2.75, 3.05) is 19.8 Å². The van der Waals surface area contributed by atoms with Gasteiger partial charge in [0.05, 0.1) is 24.8 Å². The van der Waals surface area contributed by atoms with E-state index in [0.717, 1.165) is 23.0 Å². The van der Waals surface area contributed by atoms with Gasteiger partial charge in [0.25, 0.3) is 0 Å². The minimum Gasteiger partial charge on any atom is -0.394 e. The highest BCUT2D eigenvalue weighted by Gasteiger charge is 2.26. The number of ether oxygens (including phenoxy) is 1. The minimum atomic E-state index is -0.117. The van der Waals surface area contributed by atoms with Crippen LogP contribution in [-0.2, 0) is 11.3 Å². The Balaban J connectivity index is 1.84. The molecule has 2 aromatic rings. The van der Waals surface area contributed by atoms with Gasteiger partial charge in [-0.2, -0.15) is 0 Å². The molecule has 2 heterocycles. The average Bonchev–Trinajstić information content (AvgIpc) is 2.50. The zero-order chi connectivity index (χ0) is 14.8. The molecule has 0 aliphatic carbocycles. The van der Waals surface area contributed by atoms with Crippen LogP contribution >= 0.6 is 11.6 Å². The molecular weight excluding hydrogens is 288 g/mol. The molecule has 0 saturated carbocycles. The predicted molar refractivity (Wildman–Crippen MR) is 83.5 cm³/mol. The third-order valence-electron chi connectivity index (χ3n) is 3.96. The monoisotopic (exact) mass is 306 g/mol. The zero-order valence-corrected chi connectivity index (χ0v) is 12.8. The molecule has 21 heavy (non-hydrogen) atoms. The highest BCUT2D eigenvalue weighted by atomic mass is 35.5. The second kappa shape index (κ2) is 6.28. The summed E-state index contributed by atoms with van der Waals surface area (Å²) in [7, 11) is 0. The van der Waals surface area contributed by atoms with Crippen molar-refractivity contribution in [3.05, 3.63) is 41.0 Å². The van der Waals surface area contributed by atoms with E-state index >= 15 is 0 Å². The van der Waals surface area contributed by atoms with Gasteiger partial charge in [0.1, 0.15) is 5.15 Å². The maximum atomic E-state index is 9.27. The molecule has 1 saturated heterocycles. The molecule has 112 valence electrons. The highest BCUT2D eigenvalue weighted by Crippen LogP contribution is 2.23. The fraction of sp³-hybridized carbons (Fsp3) is 0.438. The number of fused-ring (bicyclic) bond motifs is 1. The molecule has 0 amide bonds. The van der Waals surface area contributed by atoms with Crippen molar-refractivity contribution >= 4 is 22.5 Å². The van der Waals surface area contributed by atoms with Gasteiger partial charge in [0.15, 0.2) is 0 Å². The Hall–Kier alpha value is -1.20.